The Morgan fingerprint density at radius 3 is 2.06 bits per heavy atom. The van der Waals surface area contributed by atoms with E-state index in [9.17, 15) is 0 Å². The molecule has 0 aliphatic heterocycles. The molecule has 0 amide bonds. The molecule has 2 aromatic carbocycles. The molecule has 0 heterocycles. The van der Waals surface area contributed by atoms with Gasteiger partial charge in [0.05, 0.1) is 7.11 Å². The highest BCUT2D eigenvalue weighted by Gasteiger charge is 2.09. The second-order valence-electron chi connectivity index (χ2n) is 3.77. The molecule has 0 fully saturated rings. The number of ether oxygens (including phenoxy) is 3. The lowest BCUT2D eigenvalue weighted by Crippen LogP contribution is -2.19. The fourth-order valence-electron chi connectivity index (χ4n) is 1.61. The van der Waals surface area contributed by atoms with Crippen molar-refractivity contribution in [2.24, 2.45) is 0 Å². The molecule has 0 aliphatic carbocycles. The molecule has 0 saturated heterocycles. The van der Waals surface area contributed by atoms with Crippen LogP contribution >= 0.6 is 0 Å². The van der Waals surface area contributed by atoms with Crippen LogP contribution in [0.25, 0.3) is 0 Å². The Kier molecular flexibility index (Phi) is 4.07. The van der Waals surface area contributed by atoms with E-state index >= 15 is 0 Å². The summed E-state index contributed by atoms with van der Waals surface area (Å²) in [5, 5.41) is 0. The predicted octanol–water partition coefficient (Wildman–Crippen LogP) is 3.50. The zero-order chi connectivity index (χ0) is 12.8. The van der Waals surface area contributed by atoms with E-state index in [1.54, 1.807) is 7.11 Å². The molecule has 3 nitrogen and oxygen atoms in total. The van der Waals surface area contributed by atoms with Crippen molar-refractivity contribution < 1.29 is 14.2 Å². The van der Waals surface area contributed by atoms with Gasteiger partial charge in [0.1, 0.15) is 5.75 Å². The summed E-state index contributed by atoms with van der Waals surface area (Å²) in [7, 11) is 1.62. The molecule has 1 unspecified atom stereocenters. The van der Waals surface area contributed by atoms with Crippen molar-refractivity contribution >= 4 is 0 Å². The summed E-state index contributed by atoms with van der Waals surface area (Å²) in [6.45, 7) is 1.85. The highest BCUT2D eigenvalue weighted by molar-refractivity contribution is 5.39. The number of rotatable bonds is 5. The van der Waals surface area contributed by atoms with Crippen LogP contribution in [0.4, 0.5) is 0 Å². The number of methoxy groups -OCH3 is 1. The third-order valence-corrected chi connectivity index (χ3v) is 2.41. The fourth-order valence-corrected chi connectivity index (χ4v) is 1.61. The minimum Gasteiger partial charge on any atom is -0.493 e. The molecule has 2 aromatic rings. The van der Waals surface area contributed by atoms with Gasteiger partial charge in [0.25, 0.3) is 0 Å². The van der Waals surface area contributed by atoms with Gasteiger partial charge in [-0.1, -0.05) is 30.3 Å². The van der Waals surface area contributed by atoms with E-state index in [1.807, 2.05) is 61.5 Å². The Morgan fingerprint density at radius 1 is 0.778 bits per heavy atom. The third-order valence-electron chi connectivity index (χ3n) is 2.41. The van der Waals surface area contributed by atoms with Gasteiger partial charge in [0.2, 0.25) is 6.29 Å². The second-order valence-corrected chi connectivity index (χ2v) is 3.77. The summed E-state index contributed by atoms with van der Waals surface area (Å²) < 4.78 is 16.5. The first kappa shape index (κ1) is 12.3. The molecule has 18 heavy (non-hydrogen) atoms. The molecule has 1 atom stereocenters. The van der Waals surface area contributed by atoms with Gasteiger partial charge in [0, 0.05) is 6.92 Å². The lowest BCUT2D eigenvalue weighted by atomic mass is 10.3. The van der Waals surface area contributed by atoms with Crippen molar-refractivity contribution in [2.45, 2.75) is 13.2 Å². The van der Waals surface area contributed by atoms with Crippen LogP contribution in [0.15, 0.2) is 54.6 Å². The summed E-state index contributed by atoms with van der Waals surface area (Å²) in [4.78, 5) is 0. The Balaban J connectivity index is 2.01. The molecule has 0 saturated carbocycles. The lowest BCUT2D eigenvalue weighted by molar-refractivity contribution is 0.0203. The average Bonchev–Trinajstić information content (AvgIpc) is 2.40. The molecule has 0 N–H and O–H groups in total. The minimum absolute atomic E-state index is 0.385. The van der Waals surface area contributed by atoms with E-state index in [-0.39, 0.29) is 6.29 Å². The normalized spacial score (nSPS) is 11.7. The largest absolute Gasteiger partial charge is 0.493 e. The summed E-state index contributed by atoms with van der Waals surface area (Å²) in [6.07, 6.45) is -0.385. The summed E-state index contributed by atoms with van der Waals surface area (Å²) >= 11 is 0. The maximum absolute atomic E-state index is 5.69. The average molecular weight is 244 g/mol. The van der Waals surface area contributed by atoms with Crippen LogP contribution in [0.2, 0.25) is 0 Å². The van der Waals surface area contributed by atoms with Crippen LogP contribution in [0.1, 0.15) is 6.92 Å². The van der Waals surface area contributed by atoms with E-state index in [2.05, 4.69) is 0 Å². The van der Waals surface area contributed by atoms with Crippen molar-refractivity contribution in [3.8, 4) is 17.2 Å². The first-order valence-corrected chi connectivity index (χ1v) is 5.81. The molecule has 2 rings (SSSR count). The molecular formula is C15H16O3. The van der Waals surface area contributed by atoms with Gasteiger partial charge in [-0.05, 0) is 24.3 Å². The minimum atomic E-state index is -0.385. The molecule has 0 aromatic heterocycles. The van der Waals surface area contributed by atoms with Crippen LogP contribution < -0.4 is 14.2 Å². The van der Waals surface area contributed by atoms with E-state index in [1.165, 1.54) is 0 Å². The Labute approximate surface area is 107 Å². The molecule has 0 radical (unpaired) electrons. The number of hydrogen-bond donors (Lipinski definition) is 0. The first-order chi connectivity index (χ1) is 8.79. The van der Waals surface area contributed by atoms with Crippen LogP contribution in [-0.2, 0) is 0 Å². The molecule has 3 heteroatoms. The van der Waals surface area contributed by atoms with E-state index in [0.29, 0.717) is 11.5 Å². The van der Waals surface area contributed by atoms with Crippen LogP contribution in [0.5, 0.6) is 17.2 Å². The highest BCUT2D eigenvalue weighted by atomic mass is 16.7. The molecular weight excluding hydrogens is 228 g/mol. The SMILES string of the molecule is COc1ccccc1OC(C)Oc1ccccc1. The Hall–Kier alpha value is -2.16. The second kappa shape index (κ2) is 5.96. The Bertz CT molecular complexity index is 482. The lowest BCUT2D eigenvalue weighted by Gasteiger charge is -2.18. The fraction of sp³-hybridized carbons (Fsp3) is 0.200. The van der Waals surface area contributed by atoms with Crippen LogP contribution in [0, 0.1) is 0 Å². The van der Waals surface area contributed by atoms with Crippen LogP contribution in [-0.4, -0.2) is 13.4 Å². The number of hydrogen-bond acceptors (Lipinski definition) is 3. The van der Waals surface area contributed by atoms with Gasteiger partial charge in [-0.25, -0.2) is 0 Å². The quantitative estimate of drug-likeness (QED) is 0.753. The predicted molar refractivity (Wildman–Crippen MR) is 70.2 cm³/mol. The molecule has 0 spiro atoms. The van der Waals surface area contributed by atoms with Crippen molar-refractivity contribution in [3.05, 3.63) is 54.6 Å². The summed E-state index contributed by atoms with van der Waals surface area (Å²) in [5.74, 6) is 2.14. The monoisotopic (exact) mass is 244 g/mol. The maximum atomic E-state index is 5.69. The highest BCUT2D eigenvalue weighted by Crippen LogP contribution is 2.27. The summed E-state index contributed by atoms with van der Waals surface area (Å²) in [5.41, 5.74) is 0. The van der Waals surface area contributed by atoms with Crippen LogP contribution in [0.3, 0.4) is 0 Å². The van der Waals surface area contributed by atoms with Crippen molar-refractivity contribution in [1.29, 1.82) is 0 Å². The zero-order valence-corrected chi connectivity index (χ0v) is 10.5. The third kappa shape index (κ3) is 3.17. The van der Waals surface area contributed by atoms with E-state index in [4.69, 9.17) is 14.2 Å². The first-order valence-electron chi connectivity index (χ1n) is 5.81. The topological polar surface area (TPSA) is 27.7 Å². The van der Waals surface area contributed by atoms with Gasteiger partial charge in [0.15, 0.2) is 11.5 Å². The zero-order valence-electron chi connectivity index (χ0n) is 10.5. The Morgan fingerprint density at radius 2 is 1.39 bits per heavy atom. The van der Waals surface area contributed by atoms with Gasteiger partial charge < -0.3 is 14.2 Å². The van der Waals surface area contributed by atoms with Crippen molar-refractivity contribution in [1.82, 2.24) is 0 Å². The standard InChI is InChI=1S/C15H16O3/c1-12(17-13-8-4-3-5-9-13)18-15-11-7-6-10-14(15)16-2/h3-12H,1-2H3. The van der Waals surface area contributed by atoms with E-state index in [0.717, 1.165) is 5.75 Å². The van der Waals surface area contributed by atoms with Crippen molar-refractivity contribution in [2.75, 3.05) is 7.11 Å². The molecule has 94 valence electrons. The molecule has 0 bridgehead atoms. The van der Waals surface area contributed by atoms with Gasteiger partial charge in [-0.2, -0.15) is 0 Å². The van der Waals surface area contributed by atoms with Gasteiger partial charge in [-0.3, -0.25) is 0 Å². The smallest absolute Gasteiger partial charge is 0.238 e. The number of para-hydroxylation sites is 3. The maximum Gasteiger partial charge on any atom is 0.238 e. The summed E-state index contributed by atoms with van der Waals surface area (Å²) in [6, 6.07) is 17.1. The molecule has 0 aliphatic rings. The van der Waals surface area contributed by atoms with Crippen molar-refractivity contribution in [3.63, 3.8) is 0 Å². The van der Waals surface area contributed by atoms with Gasteiger partial charge >= 0.3 is 0 Å². The van der Waals surface area contributed by atoms with E-state index < -0.39 is 0 Å². The van der Waals surface area contributed by atoms with Gasteiger partial charge in [-0.15, -0.1) is 0 Å². The number of benzene rings is 2.